The number of carbonyl (C=O) groups excluding carboxylic acids is 3. The molecule has 1 unspecified atom stereocenters. The van der Waals surface area contributed by atoms with Gasteiger partial charge in [-0.05, 0) is 47.4 Å². The molecule has 0 radical (unpaired) electrons. The van der Waals surface area contributed by atoms with Gasteiger partial charge in [0.25, 0.3) is 5.91 Å². The molecule has 3 N–H and O–H groups in total. The SMILES string of the molecule is COC(=O)c1ccc(CN2C(=O)C(NC(=O)C[C@H](N)Cc3ccccc3F)Cc3cccnc32)cc1. The van der Waals surface area contributed by atoms with Crippen LogP contribution in [0.5, 0.6) is 0 Å². The minimum atomic E-state index is -0.788. The van der Waals surface area contributed by atoms with Crippen molar-refractivity contribution in [3.05, 3.63) is 94.9 Å². The van der Waals surface area contributed by atoms with Crippen LogP contribution in [0.4, 0.5) is 10.2 Å². The van der Waals surface area contributed by atoms with Gasteiger partial charge in [-0.15, -0.1) is 0 Å². The van der Waals surface area contributed by atoms with Crippen molar-refractivity contribution in [2.75, 3.05) is 12.0 Å². The summed E-state index contributed by atoms with van der Waals surface area (Å²) in [6, 6.07) is 15.3. The van der Waals surface area contributed by atoms with Gasteiger partial charge < -0.3 is 15.8 Å². The molecule has 1 aliphatic heterocycles. The maximum absolute atomic E-state index is 13.9. The molecule has 0 spiro atoms. The highest BCUT2D eigenvalue weighted by Crippen LogP contribution is 2.27. The Kier molecular flexibility index (Phi) is 7.70. The van der Waals surface area contributed by atoms with Gasteiger partial charge >= 0.3 is 5.97 Å². The molecule has 0 saturated carbocycles. The Hall–Kier alpha value is -4.11. The minimum Gasteiger partial charge on any atom is -0.465 e. The van der Waals surface area contributed by atoms with Crippen LogP contribution < -0.4 is 16.0 Å². The van der Waals surface area contributed by atoms with Crippen molar-refractivity contribution < 1.29 is 23.5 Å². The molecule has 1 aromatic heterocycles. The van der Waals surface area contributed by atoms with E-state index < -0.39 is 18.1 Å². The maximum atomic E-state index is 13.9. The summed E-state index contributed by atoms with van der Waals surface area (Å²) in [7, 11) is 1.31. The second-order valence-corrected chi connectivity index (χ2v) is 8.68. The first-order valence-corrected chi connectivity index (χ1v) is 11.6. The predicted octanol–water partition coefficient (Wildman–Crippen LogP) is 2.54. The molecule has 186 valence electrons. The van der Waals surface area contributed by atoms with Gasteiger partial charge in [0.15, 0.2) is 0 Å². The third kappa shape index (κ3) is 5.75. The monoisotopic (exact) mass is 490 g/mol. The Morgan fingerprint density at radius 1 is 1.17 bits per heavy atom. The quantitative estimate of drug-likeness (QED) is 0.469. The molecule has 2 atom stereocenters. The first-order chi connectivity index (χ1) is 17.4. The van der Waals surface area contributed by atoms with Gasteiger partial charge in [0.2, 0.25) is 5.91 Å². The van der Waals surface area contributed by atoms with Crippen LogP contribution in [0.3, 0.4) is 0 Å². The number of benzene rings is 2. The normalized spacial score (nSPS) is 15.7. The molecule has 3 aromatic rings. The van der Waals surface area contributed by atoms with E-state index in [0.29, 0.717) is 23.4 Å². The number of amides is 2. The van der Waals surface area contributed by atoms with Crippen molar-refractivity contribution in [2.24, 2.45) is 5.73 Å². The van der Waals surface area contributed by atoms with Gasteiger partial charge in [-0.3, -0.25) is 14.5 Å². The molecule has 2 heterocycles. The molecule has 9 heteroatoms. The Morgan fingerprint density at radius 2 is 1.92 bits per heavy atom. The highest BCUT2D eigenvalue weighted by Gasteiger charge is 2.35. The number of aromatic nitrogens is 1. The fourth-order valence-corrected chi connectivity index (χ4v) is 4.25. The van der Waals surface area contributed by atoms with Gasteiger partial charge in [0.1, 0.15) is 17.7 Å². The molecule has 2 amide bonds. The smallest absolute Gasteiger partial charge is 0.337 e. The van der Waals surface area contributed by atoms with E-state index in [0.717, 1.165) is 11.1 Å². The number of methoxy groups -OCH3 is 1. The number of esters is 1. The number of nitrogens with one attached hydrogen (secondary N) is 1. The molecule has 0 fully saturated rings. The lowest BCUT2D eigenvalue weighted by atomic mass is 9.98. The lowest BCUT2D eigenvalue weighted by Crippen LogP contribution is -2.53. The average Bonchev–Trinajstić information content (AvgIpc) is 2.87. The van der Waals surface area contributed by atoms with E-state index in [1.807, 2.05) is 6.07 Å². The summed E-state index contributed by atoms with van der Waals surface area (Å²) in [6.45, 7) is 0.212. The second-order valence-electron chi connectivity index (χ2n) is 8.68. The van der Waals surface area contributed by atoms with E-state index in [4.69, 9.17) is 10.5 Å². The van der Waals surface area contributed by atoms with Crippen LogP contribution in [0.25, 0.3) is 0 Å². The highest BCUT2D eigenvalue weighted by molar-refractivity contribution is 6.01. The number of pyridine rings is 1. The number of fused-ring (bicyclic) bond motifs is 1. The van der Waals surface area contributed by atoms with E-state index in [1.165, 1.54) is 18.1 Å². The summed E-state index contributed by atoms with van der Waals surface area (Å²) >= 11 is 0. The van der Waals surface area contributed by atoms with Crippen LogP contribution in [-0.4, -0.2) is 42.0 Å². The fourth-order valence-electron chi connectivity index (χ4n) is 4.25. The fraction of sp³-hybridized carbons (Fsp3) is 0.259. The van der Waals surface area contributed by atoms with Crippen LogP contribution >= 0.6 is 0 Å². The average molecular weight is 491 g/mol. The second kappa shape index (κ2) is 11.1. The maximum Gasteiger partial charge on any atom is 0.337 e. The Balaban J connectivity index is 1.45. The zero-order valence-corrected chi connectivity index (χ0v) is 19.8. The minimum absolute atomic E-state index is 0.0486. The number of halogens is 1. The van der Waals surface area contributed by atoms with E-state index in [9.17, 15) is 18.8 Å². The van der Waals surface area contributed by atoms with Crippen molar-refractivity contribution in [3.8, 4) is 0 Å². The number of nitrogens with zero attached hydrogens (tertiary/aromatic N) is 2. The zero-order valence-electron chi connectivity index (χ0n) is 19.8. The Bertz CT molecular complexity index is 1260. The topological polar surface area (TPSA) is 115 Å². The molecule has 1 aliphatic rings. The first-order valence-electron chi connectivity index (χ1n) is 11.6. The summed E-state index contributed by atoms with van der Waals surface area (Å²) < 4.78 is 18.6. The van der Waals surface area contributed by atoms with Gasteiger partial charge in [-0.1, -0.05) is 36.4 Å². The van der Waals surface area contributed by atoms with Crippen molar-refractivity contribution in [1.29, 1.82) is 0 Å². The molecular formula is C27H27FN4O4. The molecule has 8 nitrogen and oxygen atoms in total. The van der Waals surface area contributed by atoms with Crippen LogP contribution in [0, 0.1) is 5.82 Å². The van der Waals surface area contributed by atoms with Gasteiger partial charge in [-0.2, -0.15) is 0 Å². The van der Waals surface area contributed by atoms with Crippen molar-refractivity contribution >= 4 is 23.6 Å². The number of hydrogen-bond acceptors (Lipinski definition) is 6. The Labute approximate surface area is 208 Å². The zero-order chi connectivity index (χ0) is 25.7. The summed E-state index contributed by atoms with van der Waals surface area (Å²) in [4.78, 5) is 43.7. The van der Waals surface area contributed by atoms with E-state index >= 15 is 0 Å². The molecular weight excluding hydrogens is 463 g/mol. The largest absolute Gasteiger partial charge is 0.465 e. The molecule has 0 aliphatic carbocycles. The summed E-state index contributed by atoms with van der Waals surface area (Å²) in [6.07, 6.45) is 2.07. The number of hydrogen-bond donors (Lipinski definition) is 2. The highest BCUT2D eigenvalue weighted by atomic mass is 19.1. The lowest BCUT2D eigenvalue weighted by molar-refractivity contribution is -0.128. The van der Waals surface area contributed by atoms with Gasteiger partial charge in [0.05, 0.1) is 19.2 Å². The number of rotatable bonds is 8. The standard InChI is InChI=1S/C27H27FN4O4/c1-36-27(35)18-10-8-17(9-11-18)16-32-25-20(6-4-12-30-25)14-23(26(32)34)31-24(33)15-21(29)13-19-5-2-3-7-22(19)28/h2-12,21,23H,13-16,29H2,1H3,(H,31,33)/t21-,23?/m1/s1. The van der Waals surface area contributed by atoms with Crippen LogP contribution in [-0.2, 0) is 33.7 Å². The predicted molar refractivity (Wildman–Crippen MR) is 132 cm³/mol. The van der Waals surface area contributed by atoms with Gasteiger partial charge in [0, 0.05) is 25.1 Å². The van der Waals surface area contributed by atoms with Crippen LogP contribution in [0.2, 0.25) is 0 Å². The molecule has 2 aromatic carbocycles. The van der Waals surface area contributed by atoms with E-state index in [2.05, 4.69) is 10.3 Å². The third-order valence-corrected chi connectivity index (χ3v) is 6.05. The summed E-state index contributed by atoms with van der Waals surface area (Å²) in [5.74, 6) is -0.962. The van der Waals surface area contributed by atoms with E-state index in [-0.39, 0.29) is 37.0 Å². The molecule has 0 saturated heterocycles. The van der Waals surface area contributed by atoms with Gasteiger partial charge in [-0.25, -0.2) is 14.2 Å². The third-order valence-electron chi connectivity index (χ3n) is 6.05. The van der Waals surface area contributed by atoms with Crippen molar-refractivity contribution in [2.45, 2.75) is 37.9 Å². The van der Waals surface area contributed by atoms with Crippen molar-refractivity contribution in [1.82, 2.24) is 10.3 Å². The van der Waals surface area contributed by atoms with Crippen LogP contribution in [0.15, 0.2) is 66.9 Å². The molecule has 0 bridgehead atoms. The van der Waals surface area contributed by atoms with Crippen molar-refractivity contribution in [3.63, 3.8) is 0 Å². The number of nitrogens with two attached hydrogens (primary N) is 1. The molecule has 36 heavy (non-hydrogen) atoms. The van der Waals surface area contributed by atoms with Crippen LogP contribution in [0.1, 0.15) is 33.5 Å². The van der Waals surface area contributed by atoms with E-state index in [1.54, 1.807) is 54.7 Å². The number of ether oxygens (including phenoxy) is 1. The molecule has 4 rings (SSSR count). The lowest BCUT2D eigenvalue weighted by Gasteiger charge is -2.33. The Morgan fingerprint density at radius 3 is 2.64 bits per heavy atom. The first kappa shape index (κ1) is 25.0. The number of carbonyl (C=O) groups is 3. The summed E-state index contributed by atoms with van der Waals surface area (Å²) in [5, 5.41) is 2.80. The number of anilines is 1. The summed E-state index contributed by atoms with van der Waals surface area (Å²) in [5.41, 5.74) is 8.55.